The van der Waals surface area contributed by atoms with E-state index in [2.05, 4.69) is 9.97 Å². The van der Waals surface area contributed by atoms with Crippen molar-refractivity contribution in [1.82, 2.24) is 14.5 Å². The molecule has 0 fully saturated rings. The normalized spacial score (nSPS) is 10.3. The molecule has 0 aliphatic carbocycles. The highest BCUT2D eigenvalue weighted by atomic mass is 16.5. The Hall–Kier alpha value is -2.57. The molecule has 1 heterocycles. The number of nitrogen functional groups attached to an aromatic ring is 2. The third-order valence-electron chi connectivity index (χ3n) is 2.27. The number of anilines is 2. The first-order chi connectivity index (χ1) is 8.61. The second-order valence-electron chi connectivity index (χ2n) is 3.48. The average Bonchev–Trinajstić information content (AvgIpc) is 2.30. The van der Waals surface area contributed by atoms with Crippen LogP contribution in [0, 0.1) is 0 Å². The zero-order valence-corrected chi connectivity index (χ0v) is 9.83. The summed E-state index contributed by atoms with van der Waals surface area (Å²) in [4.78, 5) is 19.0. The van der Waals surface area contributed by atoms with Gasteiger partial charge in [0.1, 0.15) is 5.75 Å². The number of hydrogen-bond donors (Lipinski definition) is 2. The maximum atomic E-state index is 11.7. The van der Waals surface area contributed by atoms with Gasteiger partial charge in [-0.3, -0.25) is 0 Å². The molecule has 2 aromatic rings. The number of hydrogen-bond acceptors (Lipinski definition) is 6. The van der Waals surface area contributed by atoms with Crippen LogP contribution in [-0.4, -0.2) is 21.1 Å². The Balaban J connectivity index is 2.46. The maximum Gasteiger partial charge on any atom is 0.358 e. The van der Waals surface area contributed by atoms with Gasteiger partial charge in [0.25, 0.3) is 0 Å². The van der Waals surface area contributed by atoms with Gasteiger partial charge in [-0.05, 0) is 31.2 Å². The largest absolute Gasteiger partial charge is 0.494 e. The highest BCUT2D eigenvalue weighted by molar-refractivity contribution is 5.42. The Labute approximate surface area is 103 Å². The lowest BCUT2D eigenvalue weighted by molar-refractivity contribution is 0.340. The van der Waals surface area contributed by atoms with Gasteiger partial charge in [-0.1, -0.05) is 0 Å². The fourth-order valence-corrected chi connectivity index (χ4v) is 1.54. The van der Waals surface area contributed by atoms with E-state index in [-0.39, 0.29) is 11.9 Å². The number of benzene rings is 1. The summed E-state index contributed by atoms with van der Waals surface area (Å²) >= 11 is 0. The van der Waals surface area contributed by atoms with Crippen molar-refractivity contribution in [2.24, 2.45) is 0 Å². The molecule has 7 nitrogen and oxygen atoms in total. The van der Waals surface area contributed by atoms with Crippen LogP contribution < -0.4 is 21.9 Å². The predicted octanol–water partition coefficient (Wildman–Crippen LogP) is 0.191. The minimum absolute atomic E-state index is 0.00309. The van der Waals surface area contributed by atoms with Gasteiger partial charge in [0, 0.05) is 0 Å². The van der Waals surface area contributed by atoms with Crippen molar-refractivity contribution >= 4 is 11.9 Å². The molecule has 0 bridgehead atoms. The van der Waals surface area contributed by atoms with E-state index in [1.54, 1.807) is 24.3 Å². The highest BCUT2D eigenvalue weighted by Gasteiger charge is 2.07. The molecule has 0 unspecified atom stereocenters. The lowest BCUT2D eigenvalue weighted by Gasteiger charge is -2.09. The molecule has 1 aromatic heterocycles. The van der Waals surface area contributed by atoms with Crippen LogP contribution >= 0.6 is 0 Å². The first-order valence-corrected chi connectivity index (χ1v) is 5.37. The van der Waals surface area contributed by atoms with Crippen molar-refractivity contribution in [2.45, 2.75) is 6.92 Å². The topological polar surface area (TPSA) is 109 Å². The number of aromatic nitrogens is 3. The Bertz CT molecular complexity index is 606. The summed E-state index contributed by atoms with van der Waals surface area (Å²) in [5, 5.41) is 0. The molecular weight excluding hydrogens is 234 g/mol. The number of ether oxygens (including phenoxy) is 1. The van der Waals surface area contributed by atoms with Crippen LogP contribution in [0.25, 0.3) is 5.69 Å². The molecule has 0 saturated carbocycles. The monoisotopic (exact) mass is 247 g/mol. The number of nitrogens with two attached hydrogens (primary N) is 2. The quantitative estimate of drug-likeness (QED) is 0.801. The van der Waals surface area contributed by atoms with Crippen LogP contribution in [0.5, 0.6) is 5.75 Å². The van der Waals surface area contributed by atoms with Crippen molar-refractivity contribution in [3.05, 3.63) is 34.7 Å². The SMILES string of the molecule is CCOc1ccc(-n2c(N)nc(N)nc2=O)cc1. The van der Waals surface area contributed by atoms with Gasteiger partial charge in [0.15, 0.2) is 0 Å². The molecule has 0 aliphatic rings. The van der Waals surface area contributed by atoms with Crippen molar-refractivity contribution in [1.29, 1.82) is 0 Å². The molecule has 0 atom stereocenters. The predicted molar refractivity (Wildman–Crippen MR) is 67.6 cm³/mol. The lowest BCUT2D eigenvalue weighted by Crippen LogP contribution is -2.26. The zero-order chi connectivity index (χ0) is 13.1. The third kappa shape index (κ3) is 2.24. The molecule has 18 heavy (non-hydrogen) atoms. The van der Waals surface area contributed by atoms with Gasteiger partial charge in [-0.25, -0.2) is 9.36 Å². The molecule has 2 rings (SSSR count). The van der Waals surface area contributed by atoms with Crippen LogP contribution in [0.15, 0.2) is 29.1 Å². The van der Waals surface area contributed by atoms with E-state index in [4.69, 9.17) is 16.2 Å². The molecule has 4 N–H and O–H groups in total. The molecule has 0 amide bonds. The molecule has 94 valence electrons. The van der Waals surface area contributed by atoms with Gasteiger partial charge in [-0.2, -0.15) is 9.97 Å². The van der Waals surface area contributed by atoms with Crippen LogP contribution in [-0.2, 0) is 0 Å². The van der Waals surface area contributed by atoms with Gasteiger partial charge in [0.2, 0.25) is 11.9 Å². The van der Waals surface area contributed by atoms with Gasteiger partial charge >= 0.3 is 5.69 Å². The van der Waals surface area contributed by atoms with Crippen molar-refractivity contribution < 1.29 is 4.74 Å². The molecule has 7 heteroatoms. The van der Waals surface area contributed by atoms with E-state index in [1.165, 1.54) is 4.57 Å². The summed E-state index contributed by atoms with van der Waals surface area (Å²) in [7, 11) is 0. The standard InChI is InChI=1S/C11H13N5O2/c1-2-18-8-5-3-7(4-6-8)16-10(13)14-9(12)15-11(16)17/h3-6H,2H2,1H3,(H4,12,13,14,15,17). The van der Waals surface area contributed by atoms with Crippen molar-refractivity contribution in [3.8, 4) is 11.4 Å². The second-order valence-corrected chi connectivity index (χ2v) is 3.48. The van der Waals surface area contributed by atoms with Crippen LogP contribution in [0.3, 0.4) is 0 Å². The van der Waals surface area contributed by atoms with E-state index in [9.17, 15) is 4.79 Å². The summed E-state index contributed by atoms with van der Waals surface area (Å²) in [6.07, 6.45) is 0. The Morgan fingerprint density at radius 3 is 2.44 bits per heavy atom. The van der Waals surface area contributed by atoms with E-state index in [0.29, 0.717) is 18.0 Å². The zero-order valence-electron chi connectivity index (χ0n) is 9.83. The van der Waals surface area contributed by atoms with E-state index < -0.39 is 5.69 Å². The Kier molecular flexibility index (Phi) is 3.13. The minimum atomic E-state index is -0.566. The Morgan fingerprint density at radius 1 is 1.22 bits per heavy atom. The van der Waals surface area contributed by atoms with Crippen LogP contribution in [0.4, 0.5) is 11.9 Å². The molecule has 0 saturated heterocycles. The first kappa shape index (κ1) is 11.9. The molecule has 0 aliphatic heterocycles. The number of rotatable bonds is 3. The van der Waals surface area contributed by atoms with Crippen LogP contribution in [0.1, 0.15) is 6.92 Å². The van der Waals surface area contributed by atoms with Crippen LogP contribution in [0.2, 0.25) is 0 Å². The summed E-state index contributed by atoms with van der Waals surface area (Å²) in [6, 6.07) is 6.87. The fourth-order valence-electron chi connectivity index (χ4n) is 1.54. The second kappa shape index (κ2) is 4.74. The molecule has 1 aromatic carbocycles. The maximum absolute atomic E-state index is 11.7. The summed E-state index contributed by atoms with van der Waals surface area (Å²) in [5.41, 5.74) is 11.0. The minimum Gasteiger partial charge on any atom is -0.494 e. The highest BCUT2D eigenvalue weighted by Crippen LogP contribution is 2.15. The third-order valence-corrected chi connectivity index (χ3v) is 2.27. The van der Waals surface area contributed by atoms with Gasteiger partial charge in [-0.15, -0.1) is 0 Å². The summed E-state index contributed by atoms with van der Waals surface area (Å²) in [6.45, 7) is 2.47. The smallest absolute Gasteiger partial charge is 0.358 e. The molecule has 0 radical (unpaired) electrons. The van der Waals surface area contributed by atoms with Crippen molar-refractivity contribution in [2.75, 3.05) is 18.1 Å². The molecule has 0 spiro atoms. The molecular formula is C11H13N5O2. The van der Waals surface area contributed by atoms with E-state index in [1.807, 2.05) is 6.92 Å². The van der Waals surface area contributed by atoms with E-state index >= 15 is 0 Å². The summed E-state index contributed by atoms with van der Waals surface area (Å²) in [5.74, 6) is 0.570. The van der Waals surface area contributed by atoms with Crippen molar-refractivity contribution in [3.63, 3.8) is 0 Å². The summed E-state index contributed by atoms with van der Waals surface area (Å²) < 4.78 is 6.48. The van der Waals surface area contributed by atoms with Gasteiger partial charge < -0.3 is 16.2 Å². The lowest BCUT2D eigenvalue weighted by atomic mass is 10.3. The Morgan fingerprint density at radius 2 is 1.89 bits per heavy atom. The average molecular weight is 247 g/mol. The van der Waals surface area contributed by atoms with E-state index in [0.717, 1.165) is 0 Å². The van der Waals surface area contributed by atoms with Gasteiger partial charge in [0.05, 0.1) is 12.3 Å². The first-order valence-electron chi connectivity index (χ1n) is 5.37. The fraction of sp³-hybridized carbons (Fsp3) is 0.182. The number of nitrogens with zero attached hydrogens (tertiary/aromatic N) is 3.